The molecule has 0 aliphatic heterocycles. The molecular weight excluding hydrogens is 346 g/mol. The van der Waals surface area contributed by atoms with Gasteiger partial charge in [-0.05, 0) is 55.3 Å². The summed E-state index contributed by atoms with van der Waals surface area (Å²) in [6, 6.07) is 11.0. The molecule has 2 amide bonds. The van der Waals surface area contributed by atoms with Gasteiger partial charge < -0.3 is 9.73 Å². The maximum absolute atomic E-state index is 12.0. The third kappa shape index (κ3) is 3.12. The van der Waals surface area contributed by atoms with Gasteiger partial charge in [0, 0.05) is 10.2 Å². The van der Waals surface area contributed by atoms with Gasteiger partial charge in [0.1, 0.15) is 5.52 Å². The average Bonchev–Trinajstić information content (AvgIpc) is 2.84. The first-order chi connectivity index (χ1) is 10.5. The highest BCUT2D eigenvalue weighted by molar-refractivity contribution is 9.10. The maximum atomic E-state index is 12.0. The van der Waals surface area contributed by atoms with Crippen molar-refractivity contribution in [3.8, 4) is 0 Å². The van der Waals surface area contributed by atoms with Crippen molar-refractivity contribution in [1.29, 1.82) is 0 Å². The molecule has 6 heteroatoms. The molecule has 1 aromatic heterocycles. The molecular formula is C16H14BrN3O2. The van der Waals surface area contributed by atoms with Crippen LogP contribution in [0.1, 0.15) is 11.1 Å². The predicted octanol–water partition coefficient (Wildman–Crippen LogP) is 4.85. The van der Waals surface area contributed by atoms with Gasteiger partial charge in [-0.25, -0.2) is 4.79 Å². The molecule has 1 heterocycles. The number of aryl methyl sites for hydroxylation is 2. The van der Waals surface area contributed by atoms with E-state index in [-0.39, 0.29) is 6.01 Å². The van der Waals surface area contributed by atoms with Gasteiger partial charge in [0.05, 0.1) is 0 Å². The minimum atomic E-state index is -0.400. The zero-order valence-corrected chi connectivity index (χ0v) is 13.7. The van der Waals surface area contributed by atoms with Gasteiger partial charge in [-0.1, -0.05) is 22.0 Å². The zero-order chi connectivity index (χ0) is 15.7. The van der Waals surface area contributed by atoms with Crippen LogP contribution in [0.5, 0.6) is 0 Å². The summed E-state index contributed by atoms with van der Waals surface area (Å²) in [5, 5.41) is 5.32. The molecule has 3 aromatic rings. The molecule has 5 nitrogen and oxygen atoms in total. The number of nitrogens with zero attached hydrogens (tertiary/aromatic N) is 1. The second kappa shape index (κ2) is 5.81. The van der Waals surface area contributed by atoms with E-state index >= 15 is 0 Å². The highest BCUT2D eigenvalue weighted by atomic mass is 79.9. The Bertz CT molecular complexity index is 840. The molecule has 2 aromatic carbocycles. The van der Waals surface area contributed by atoms with Crippen LogP contribution in [0.3, 0.4) is 0 Å². The smallest absolute Gasteiger partial charge is 0.327 e. The average molecular weight is 360 g/mol. The Morgan fingerprint density at radius 3 is 2.59 bits per heavy atom. The highest BCUT2D eigenvalue weighted by Gasteiger charge is 2.11. The molecule has 3 rings (SSSR count). The van der Waals surface area contributed by atoms with Gasteiger partial charge in [0.2, 0.25) is 0 Å². The molecule has 0 aliphatic rings. The highest BCUT2D eigenvalue weighted by Crippen LogP contribution is 2.24. The van der Waals surface area contributed by atoms with E-state index in [1.54, 1.807) is 12.1 Å². The van der Waals surface area contributed by atoms with Crippen molar-refractivity contribution in [2.45, 2.75) is 13.8 Å². The van der Waals surface area contributed by atoms with Crippen LogP contribution in [0, 0.1) is 13.8 Å². The van der Waals surface area contributed by atoms with Crippen molar-refractivity contribution in [2.75, 3.05) is 10.6 Å². The molecule has 22 heavy (non-hydrogen) atoms. The summed E-state index contributed by atoms with van der Waals surface area (Å²) >= 11 is 3.34. The van der Waals surface area contributed by atoms with Gasteiger partial charge in [-0.15, -0.1) is 0 Å². The van der Waals surface area contributed by atoms with Crippen LogP contribution in [-0.2, 0) is 0 Å². The molecule has 0 fully saturated rings. The molecule has 2 N–H and O–H groups in total. The van der Waals surface area contributed by atoms with Crippen LogP contribution < -0.4 is 10.6 Å². The number of nitrogens with one attached hydrogen (secondary N) is 2. The Labute approximate surface area is 135 Å². The molecule has 112 valence electrons. The molecule has 0 radical (unpaired) electrons. The lowest BCUT2D eigenvalue weighted by molar-refractivity contribution is 0.261. The van der Waals surface area contributed by atoms with Crippen molar-refractivity contribution in [3.05, 3.63) is 52.0 Å². The first-order valence-corrected chi connectivity index (χ1v) is 7.52. The summed E-state index contributed by atoms with van der Waals surface area (Å²) in [7, 11) is 0. The summed E-state index contributed by atoms with van der Waals surface area (Å²) in [5.41, 5.74) is 4.19. The number of halogens is 1. The van der Waals surface area contributed by atoms with Gasteiger partial charge in [-0.2, -0.15) is 4.98 Å². The Morgan fingerprint density at radius 2 is 1.86 bits per heavy atom. The second-order valence-electron chi connectivity index (χ2n) is 5.04. The number of carbonyl (C=O) groups excluding carboxylic acids is 1. The molecule has 0 bridgehead atoms. The second-order valence-corrected chi connectivity index (χ2v) is 5.95. The third-order valence-corrected chi connectivity index (χ3v) is 3.67. The Morgan fingerprint density at radius 1 is 1.14 bits per heavy atom. The summed E-state index contributed by atoms with van der Waals surface area (Å²) in [6.45, 7) is 3.95. The summed E-state index contributed by atoms with van der Waals surface area (Å²) in [5.74, 6) is 0. The van der Waals surface area contributed by atoms with Crippen LogP contribution >= 0.6 is 15.9 Å². The van der Waals surface area contributed by atoms with E-state index in [9.17, 15) is 4.79 Å². The summed E-state index contributed by atoms with van der Waals surface area (Å²) in [6.07, 6.45) is 0. The summed E-state index contributed by atoms with van der Waals surface area (Å²) < 4.78 is 6.54. The molecule has 0 spiro atoms. The standard InChI is InChI=1S/C16H14BrN3O2/c1-9-7-10(2)14-13(8-9)19-16(22-14)20-15(21)18-12-5-3-11(17)4-6-12/h3-8H,1-2H3,(H2,18,19,20,21). The third-order valence-electron chi connectivity index (χ3n) is 3.14. The molecule has 0 saturated heterocycles. The fourth-order valence-electron chi connectivity index (χ4n) is 2.22. The van der Waals surface area contributed by atoms with Gasteiger partial charge in [0.15, 0.2) is 5.58 Å². The van der Waals surface area contributed by atoms with E-state index in [0.29, 0.717) is 11.3 Å². The number of oxazole rings is 1. The first-order valence-electron chi connectivity index (χ1n) is 6.72. The van der Waals surface area contributed by atoms with Crippen molar-refractivity contribution < 1.29 is 9.21 Å². The number of rotatable bonds is 2. The zero-order valence-electron chi connectivity index (χ0n) is 12.1. The lowest BCUT2D eigenvalue weighted by Gasteiger charge is -2.04. The van der Waals surface area contributed by atoms with Crippen LogP contribution in [0.25, 0.3) is 11.1 Å². The number of aromatic nitrogens is 1. The lowest BCUT2D eigenvalue weighted by Crippen LogP contribution is -2.19. The van der Waals surface area contributed by atoms with Crippen molar-refractivity contribution >= 4 is 44.8 Å². The minimum Gasteiger partial charge on any atom is -0.423 e. The van der Waals surface area contributed by atoms with Crippen molar-refractivity contribution in [2.24, 2.45) is 0 Å². The molecule has 0 saturated carbocycles. The fraction of sp³-hybridized carbons (Fsp3) is 0.125. The number of anilines is 2. The van der Waals surface area contributed by atoms with E-state index in [1.165, 1.54) is 0 Å². The number of urea groups is 1. The van der Waals surface area contributed by atoms with Crippen LogP contribution in [0.2, 0.25) is 0 Å². The van der Waals surface area contributed by atoms with E-state index in [1.807, 2.05) is 38.1 Å². The quantitative estimate of drug-likeness (QED) is 0.686. The largest absolute Gasteiger partial charge is 0.423 e. The Kier molecular flexibility index (Phi) is 3.85. The van der Waals surface area contributed by atoms with E-state index in [4.69, 9.17) is 4.42 Å². The summed E-state index contributed by atoms with van der Waals surface area (Å²) in [4.78, 5) is 16.2. The fourth-order valence-corrected chi connectivity index (χ4v) is 2.49. The van der Waals surface area contributed by atoms with E-state index in [2.05, 4.69) is 31.5 Å². The monoisotopic (exact) mass is 359 g/mol. The SMILES string of the molecule is Cc1cc(C)c2oc(NC(=O)Nc3ccc(Br)cc3)nc2c1. The Hall–Kier alpha value is -2.34. The normalized spacial score (nSPS) is 10.7. The molecule has 0 atom stereocenters. The van der Waals surface area contributed by atoms with Gasteiger partial charge in [0.25, 0.3) is 0 Å². The number of hydrogen-bond donors (Lipinski definition) is 2. The molecule has 0 unspecified atom stereocenters. The van der Waals surface area contributed by atoms with Crippen molar-refractivity contribution in [1.82, 2.24) is 4.98 Å². The number of fused-ring (bicyclic) bond motifs is 1. The minimum absolute atomic E-state index is 0.179. The first kappa shape index (κ1) is 14.6. The number of benzene rings is 2. The predicted molar refractivity (Wildman–Crippen MR) is 90.3 cm³/mol. The number of hydrogen-bond acceptors (Lipinski definition) is 3. The molecule has 0 aliphatic carbocycles. The van der Waals surface area contributed by atoms with Gasteiger partial charge in [-0.3, -0.25) is 5.32 Å². The number of carbonyl (C=O) groups is 1. The van der Waals surface area contributed by atoms with E-state index < -0.39 is 6.03 Å². The van der Waals surface area contributed by atoms with Gasteiger partial charge >= 0.3 is 12.0 Å². The van der Waals surface area contributed by atoms with Crippen molar-refractivity contribution in [3.63, 3.8) is 0 Å². The Balaban J connectivity index is 1.76. The maximum Gasteiger partial charge on any atom is 0.327 e. The van der Waals surface area contributed by atoms with Crippen LogP contribution in [-0.4, -0.2) is 11.0 Å². The van der Waals surface area contributed by atoms with E-state index in [0.717, 1.165) is 21.1 Å². The topological polar surface area (TPSA) is 67.2 Å². The van der Waals surface area contributed by atoms with Crippen LogP contribution in [0.15, 0.2) is 45.3 Å². The lowest BCUT2D eigenvalue weighted by atomic mass is 10.1. The van der Waals surface area contributed by atoms with Crippen LogP contribution in [0.4, 0.5) is 16.5 Å². The number of amides is 2.